The van der Waals surface area contributed by atoms with E-state index < -0.39 is 0 Å². The van der Waals surface area contributed by atoms with Gasteiger partial charge in [0.05, 0.1) is 0 Å². The molecule has 2 heterocycles. The van der Waals surface area contributed by atoms with Crippen molar-refractivity contribution in [2.24, 2.45) is 0 Å². The number of rotatable bonds is 3. The predicted molar refractivity (Wildman–Crippen MR) is 215 cm³/mol. The molecule has 0 saturated carbocycles. The predicted octanol–water partition coefficient (Wildman–Crippen LogP) is 14.2. The highest BCUT2D eigenvalue weighted by atomic mass is 32.1. The molecule has 0 N–H and O–H groups in total. The minimum Gasteiger partial charge on any atom is -0.460 e. The van der Waals surface area contributed by atoms with Gasteiger partial charge in [0.15, 0.2) is 0 Å². The Kier molecular flexibility index (Phi) is 6.02. The zero-order chi connectivity index (χ0) is 32.8. The van der Waals surface area contributed by atoms with Gasteiger partial charge in [0.1, 0.15) is 11.3 Å². The fraction of sp³-hybridized carbons (Fsp3) is 0.0417. The largest absolute Gasteiger partial charge is 0.460 e. The Hall–Kier alpha value is -5.96. The summed E-state index contributed by atoms with van der Waals surface area (Å²) in [4.78, 5) is 0. The molecule has 2 aromatic heterocycles. The van der Waals surface area contributed by atoms with E-state index >= 15 is 0 Å². The number of allylic oxidation sites excluding steroid dienone is 1. The fourth-order valence-corrected chi connectivity index (χ4v) is 9.57. The average molecular weight is 655 g/mol. The van der Waals surface area contributed by atoms with Crippen LogP contribution in [0.4, 0.5) is 0 Å². The van der Waals surface area contributed by atoms with Gasteiger partial charge in [-0.25, -0.2) is 0 Å². The van der Waals surface area contributed by atoms with Gasteiger partial charge in [0, 0.05) is 37.5 Å². The molecule has 1 aliphatic carbocycles. The Morgan fingerprint density at radius 2 is 1.10 bits per heavy atom. The number of hydrogen-bond acceptors (Lipinski definition) is 2. The number of furan rings is 1. The smallest absolute Gasteiger partial charge is 0.135 e. The summed E-state index contributed by atoms with van der Waals surface area (Å²) in [5.74, 6) is 1.12. The lowest BCUT2D eigenvalue weighted by atomic mass is 9.86. The normalized spacial score (nSPS) is 13.0. The molecular formula is C48H30OS. The fourth-order valence-electron chi connectivity index (χ4n) is 8.41. The highest BCUT2D eigenvalue weighted by Gasteiger charge is 2.19. The van der Waals surface area contributed by atoms with Gasteiger partial charge in [-0.15, -0.1) is 11.3 Å². The second-order valence-electron chi connectivity index (χ2n) is 13.5. The van der Waals surface area contributed by atoms with Gasteiger partial charge < -0.3 is 4.42 Å². The van der Waals surface area contributed by atoms with Crippen LogP contribution >= 0.6 is 11.3 Å². The van der Waals surface area contributed by atoms with Crippen LogP contribution in [0.3, 0.4) is 0 Å². The molecule has 0 radical (unpaired) electrons. The molecule has 50 heavy (non-hydrogen) atoms. The highest BCUT2D eigenvalue weighted by molar-refractivity contribution is 7.26. The van der Waals surface area contributed by atoms with Crippen LogP contribution in [0.5, 0.6) is 0 Å². The molecule has 0 fully saturated rings. The first-order valence-electron chi connectivity index (χ1n) is 17.4. The van der Waals surface area contributed by atoms with Crippen LogP contribution in [0, 0.1) is 0 Å². The Balaban J connectivity index is 1.03. The Bertz CT molecular complexity index is 2950. The monoisotopic (exact) mass is 654 g/mol. The average Bonchev–Trinajstić information content (AvgIpc) is 3.74. The number of benzene rings is 8. The van der Waals surface area contributed by atoms with Gasteiger partial charge in [0.25, 0.3) is 0 Å². The molecule has 234 valence electrons. The molecule has 0 amide bonds. The van der Waals surface area contributed by atoms with E-state index in [0.717, 1.165) is 24.2 Å². The first-order chi connectivity index (χ1) is 24.8. The summed E-state index contributed by atoms with van der Waals surface area (Å²) >= 11 is 1.88. The zero-order valence-electron chi connectivity index (χ0n) is 27.2. The van der Waals surface area contributed by atoms with Gasteiger partial charge in [-0.1, -0.05) is 133 Å². The van der Waals surface area contributed by atoms with E-state index in [2.05, 4.69) is 158 Å². The van der Waals surface area contributed by atoms with Crippen LogP contribution in [0.2, 0.25) is 0 Å². The Labute approximate surface area is 293 Å². The van der Waals surface area contributed by atoms with Crippen LogP contribution in [0.15, 0.2) is 156 Å². The van der Waals surface area contributed by atoms with Crippen LogP contribution in [-0.2, 0) is 6.42 Å². The van der Waals surface area contributed by atoms with Crippen LogP contribution in [0.1, 0.15) is 17.7 Å². The lowest BCUT2D eigenvalue weighted by molar-refractivity contribution is 0.546. The van der Waals surface area contributed by atoms with Gasteiger partial charge in [0.2, 0.25) is 0 Å². The van der Waals surface area contributed by atoms with Gasteiger partial charge >= 0.3 is 0 Å². The van der Waals surface area contributed by atoms with Crippen molar-refractivity contribution in [1.29, 1.82) is 0 Å². The maximum atomic E-state index is 6.38. The van der Waals surface area contributed by atoms with Gasteiger partial charge in [-0.3, -0.25) is 0 Å². The Morgan fingerprint density at radius 1 is 0.460 bits per heavy atom. The second kappa shape index (κ2) is 10.8. The number of hydrogen-bond donors (Lipinski definition) is 0. The molecule has 2 heteroatoms. The number of thiophene rings is 1. The van der Waals surface area contributed by atoms with Crippen molar-refractivity contribution in [1.82, 2.24) is 0 Å². The van der Waals surface area contributed by atoms with E-state index in [1.54, 1.807) is 0 Å². The molecule has 8 aromatic carbocycles. The van der Waals surface area contributed by atoms with Crippen molar-refractivity contribution in [3.8, 4) is 33.4 Å². The van der Waals surface area contributed by atoms with Crippen molar-refractivity contribution in [2.75, 3.05) is 0 Å². The Morgan fingerprint density at radius 3 is 1.82 bits per heavy atom. The minimum atomic E-state index is 0.977. The third-order valence-corrected chi connectivity index (χ3v) is 11.8. The second-order valence-corrected chi connectivity index (χ2v) is 14.6. The first-order valence-corrected chi connectivity index (χ1v) is 18.2. The van der Waals surface area contributed by atoms with E-state index in [1.807, 2.05) is 11.3 Å². The third kappa shape index (κ3) is 4.12. The lowest BCUT2D eigenvalue weighted by Crippen LogP contribution is -1.90. The lowest BCUT2D eigenvalue weighted by Gasteiger charge is -2.18. The van der Waals surface area contributed by atoms with E-state index in [1.165, 1.54) is 96.8 Å². The summed E-state index contributed by atoms with van der Waals surface area (Å²) in [5, 5.41) is 11.5. The SMILES string of the molecule is C1=Cc2c(oc3cc4c(ccc5sc6cc(-c7ccc(-c8c9ccccc9c(-c9ccccc9)c9ccccc89)cc7)ccc6c54)cc23)CC1. The van der Waals surface area contributed by atoms with Crippen molar-refractivity contribution in [3.05, 3.63) is 163 Å². The maximum absolute atomic E-state index is 6.38. The molecule has 10 aromatic rings. The number of aryl methyl sites for hydroxylation is 1. The van der Waals surface area contributed by atoms with Crippen LogP contribution in [0.25, 0.3) is 103 Å². The van der Waals surface area contributed by atoms with Crippen LogP contribution < -0.4 is 0 Å². The van der Waals surface area contributed by atoms with Crippen molar-refractivity contribution < 1.29 is 4.42 Å². The van der Waals surface area contributed by atoms with Gasteiger partial charge in [-0.2, -0.15) is 0 Å². The molecule has 0 spiro atoms. The molecule has 1 aliphatic rings. The summed E-state index contributed by atoms with van der Waals surface area (Å²) < 4.78 is 9.00. The molecule has 0 atom stereocenters. The van der Waals surface area contributed by atoms with Gasteiger partial charge in [-0.05, 0) is 96.4 Å². The van der Waals surface area contributed by atoms with E-state index in [9.17, 15) is 0 Å². The minimum absolute atomic E-state index is 0.977. The first kappa shape index (κ1) is 27.9. The van der Waals surface area contributed by atoms with Crippen molar-refractivity contribution in [2.45, 2.75) is 12.8 Å². The molecule has 1 nitrogen and oxygen atoms in total. The number of fused-ring (bicyclic) bond motifs is 10. The molecule has 0 bridgehead atoms. The van der Waals surface area contributed by atoms with Crippen molar-refractivity contribution >= 4 is 80.9 Å². The molecule has 0 aliphatic heterocycles. The topological polar surface area (TPSA) is 13.1 Å². The summed E-state index contributed by atoms with van der Waals surface area (Å²) in [6.45, 7) is 0. The maximum Gasteiger partial charge on any atom is 0.135 e. The van der Waals surface area contributed by atoms with E-state index in [0.29, 0.717) is 0 Å². The third-order valence-electron chi connectivity index (χ3n) is 10.7. The summed E-state index contributed by atoms with van der Waals surface area (Å²) in [6, 6.07) is 53.9. The molecule has 11 rings (SSSR count). The summed E-state index contributed by atoms with van der Waals surface area (Å²) in [6.07, 6.45) is 6.52. The highest BCUT2D eigenvalue weighted by Crippen LogP contribution is 2.45. The summed E-state index contributed by atoms with van der Waals surface area (Å²) in [7, 11) is 0. The molecular weight excluding hydrogens is 625 g/mol. The zero-order valence-corrected chi connectivity index (χ0v) is 28.1. The summed E-state index contributed by atoms with van der Waals surface area (Å²) in [5.41, 5.74) is 9.78. The standard InChI is InChI=1S/C48H30OS/c1-2-10-30(11-3-1)46-35-13-4-6-15-37(35)47(38-16-7-5-14-36(38)46)31-20-18-29(19-21-31)32-22-24-39-45(27-32)50-44-25-23-33-26-41-34-12-8-9-17-42(34)49-43(41)28-40(33)48(39)44/h1-8,10-16,18-28H,9,17H2. The van der Waals surface area contributed by atoms with Crippen molar-refractivity contribution in [3.63, 3.8) is 0 Å². The quantitative estimate of drug-likeness (QED) is 0.173. The van der Waals surface area contributed by atoms with Crippen LogP contribution in [-0.4, -0.2) is 0 Å². The van der Waals surface area contributed by atoms with E-state index in [4.69, 9.17) is 4.42 Å². The molecule has 0 unspecified atom stereocenters. The molecule has 0 saturated heterocycles. The van der Waals surface area contributed by atoms with E-state index in [-0.39, 0.29) is 0 Å².